The van der Waals surface area contributed by atoms with E-state index in [0.717, 1.165) is 67.4 Å². The normalized spacial score (nSPS) is 15.6. The van der Waals surface area contributed by atoms with Gasteiger partial charge in [0.25, 0.3) is 0 Å². The van der Waals surface area contributed by atoms with Crippen molar-refractivity contribution >= 4 is 34.1 Å². The topological polar surface area (TPSA) is 45.6 Å². The largest absolute Gasteiger partial charge is 0.497 e. The molecule has 4 rings (SSSR count). The molecule has 0 radical (unpaired) electrons. The summed E-state index contributed by atoms with van der Waals surface area (Å²) < 4.78 is 19.0. The van der Waals surface area contributed by atoms with Crippen molar-refractivity contribution in [1.82, 2.24) is 9.88 Å². The molecule has 2 heterocycles. The van der Waals surface area contributed by atoms with E-state index in [0.29, 0.717) is 17.1 Å². The third-order valence-electron chi connectivity index (χ3n) is 6.98. The first-order chi connectivity index (χ1) is 16.9. The molecule has 0 unspecified atom stereocenters. The van der Waals surface area contributed by atoms with Gasteiger partial charge in [-0.2, -0.15) is 0 Å². The predicted octanol–water partition coefficient (Wildman–Crippen LogP) is 6.14. The third kappa shape index (κ3) is 6.26. The fourth-order valence-corrected chi connectivity index (χ4v) is 5.09. The Hall–Kier alpha value is -2.36. The highest BCUT2D eigenvalue weighted by Crippen LogP contribution is 2.37. The Bertz CT molecular complexity index is 1250. The molecule has 0 bridgehead atoms. The molecule has 0 saturated carbocycles. The minimum absolute atomic E-state index is 0.0871. The lowest BCUT2D eigenvalue weighted by atomic mass is 9.75. The molecule has 1 aliphatic rings. The summed E-state index contributed by atoms with van der Waals surface area (Å²) >= 11 is 12.2. The molecule has 2 aromatic carbocycles. The van der Waals surface area contributed by atoms with E-state index in [1.54, 1.807) is 19.4 Å². The zero-order valence-corrected chi connectivity index (χ0v) is 21.3. The van der Waals surface area contributed by atoms with Gasteiger partial charge in [0.1, 0.15) is 11.6 Å². The van der Waals surface area contributed by atoms with Crippen molar-refractivity contribution in [1.29, 1.82) is 0 Å². The number of aliphatic hydroxyl groups is 1. The van der Waals surface area contributed by atoms with E-state index >= 15 is 0 Å². The summed E-state index contributed by atoms with van der Waals surface area (Å²) in [4.78, 5) is 6.72. The van der Waals surface area contributed by atoms with Crippen LogP contribution in [0.3, 0.4) is 0 Å². The minimum Gasteiger partial charge on any atom is -0.497 e. The standard InChI is InChI=1S/C28H29Cl2FN2O2/c1-35-21-7-9-27-23(17-21)22(25(30)18-32-27)5-2-10-28(19-34)11-14-33(15-12-28)13-3-4-20-6-8-24(29)26(31)16-20/h6-9,16-18,34H,2,5,10-15,19H2,1H3. The Labute approximate surface area is 216 Å². The molecular weight excluding hydrogens is 486 g/mol. The maximum absolute atomic E-state index is 13.6. The molecule has 1 saturated heterocycles. The van der Waals surface area contributed by atoms with Crippen LogP contribution >= 0.6 is 23.2 Å². The molecule has 0 aliphatic carbocycles. The minimum atomic E-state index is -0.454. The van der Waals surface area contributed by atoms with Crippen molar-refractivity contribution in [2.45, 2.75) is 32.1 Å². The molecule has 35 heavy (non-hydrogen) atoms. The number of nitrogens with zero attached hydrogens (tertiary/aromatic N) is 2. The molecule has 0 atom stereocenters. The second kappa shape index (κ2) is 11.6. The summed E-state index contributed by atoms with van der Waals surface area (Å²) in [6, 6.07) is 10.4. The Kier molecular flexibility index (Phi) is 8.51. The number of ether oxygens (including phenoxy) is 1. The van der Waals surface area contributed by atoms with Crippen molar-refractivity contribution in [3.05, 3.63) is 69.6 Å². The quantitative estimate of drug-likeness (QED) is 0.384. The van der Waals surface area contributed by atoms with Crippen LogP contribution in [0.15, 0.2) is 42.6 Å². The van der Waals surface area contributed by atoms with Gasteiger partial charge in [0.15, 0.2) is 0 Å². The van der Waals surface area contributed by atoms with Gasteiger partial charge in [-0.05, 0) is 92.6 Å². The van der Waals surface area contributed by atoms with Crippen LogP contribution < -0.4 is 4.74 Å². The molecule has 184 valence electrons. The van der Waals surface area contributed by atoms with Gasteiger partial charge in [0.2, 0.25) is 0 Å². The molecule has 0 spiro atoms. The van der Waals surface area contributed by atoms with E-state index < -0.39 is 5.82 Å². The molecule has 1 fully saturated rings. The van der Waals surface area contributed by atoms with E-state index in [9.17, 15) is 9.50 Å². The fraction of sp³-hybridized carbons (Fsp3) is 0.393. The first-order valence-electron chi connectivity index (χ1n) is 11.8. The van der Waals surface area contributed by atoms with Crippen molar-refractivity contribution in [2.75, 3.05) is 33.4 Å². The number of rotatable bonds is 7. The van der Waals surface area contributed by atoms with Crippen LogP contribution in [0.5, 0.6) is 5.75 Å². The van der Waals surface area contributed by atoms with Crippen molar-refractivity contribution in [2.24, 2.45) is 5.41 Å². The maximum Gasteiger partial charge on any atom is 0.143 e. The molecule has 3 aromatic rings. The maximum atomic E-state index is 13.6. The van der Waals surface area contributed by atoms with Gasteiger partial charge in [-0.15, -0.1) is 0 Å². The number of aliphatic hydroxyl groups excluding tert-OH is 1. The van der Waals surface area contributed by atoms with Crippen molar-refractivity contribution < 1.29 is 14.2 Å². The van der Waals surface area contributed by atoms with Crippen LogP contribution in [-0.4, -0.2) is 48.3 Å². The summed E-state index contributed by atoms with van der Waals surface area (Å²) in [5.74, 6) is 6.47. The van der Waals surface area contributed by atoms with Crippen LogP contribution in [0.25, 0.3) is 10.9 Å². The van der Waals surface area contributed by atoms with E-state index in [1.807, 2.05) is 18.2 Å². The van der Waals surface area contributed by atoms with Crippen LogP contribution in [0.2, 0.25) is 10.0 Å². The Morgan fingerprint density at radius 2 is 1.94 bits per heavy atom. The van der Waals surface area contributed by atoms with E-state index in [2.05, 4.69) is 21.7 Å². The number of methoxy groups -OCH3 is 1. The van der Waals surface area contributed by atoms with Crippen molar-refractivity contribution in [3.8, 4) is 17.6 Å². The Morgan fingerprint density at radius 1 is 1.14 bits per heavy atom. The van der Waals surface area contributed by atoms with Gasteiger partial charge >= 0.3 is 0 Å². The average Bonchev–Trinajstić information content (AvgIpc) is 2.88. The number of likely N-dealkylation sites (tertiary alicyclic amines) is 1. The molecule has 1 N–H and O–H groups in total. The molecule has 4 nitrogen and oxygen atoms in total. The van der Waals surface area contributed by atoms with Crippen LogP contribution in [0, 0.1) is 23.1 Å². The van der Waals surface area contributed by atoms with Crippen molar-refractivity contribution in [3.63, 3.8) is 0 Å². The zero-order valence-electron chi connectivity index (χ0n) is 19.8. The summed E-state index contributed by atoms with van der Waals surface area (Å²) in [6.07, 6.45) is 6.22. The van der Waals surface area contributed by atoms with Gasteiger partial charge in [0.05, 0.1) is 29.2 Å². The molecular formula is C28H29Cl2FN2O2. The van der Waals surface area contributed by atoms with Gasteiger partial charge in [-0.3, -0.25) is 9.88 Å². The number of hydrogen-bond acceptors (Lipinski definition) is 4. The molecule has 1 aromatic heterocycles. The summed E-state index contributed by atoms with van der Waals surface area (Å²) in [6.45, 7) is 2.54. The zero-order chi connectivity index (χ0) is 24.8. The number of aryl methyl sites for hydroxylation is 1. The summed E-state index contributed by atoms with van der Waals surface area (Å²) in [7, 11) is 1.65. The highest BCUT2D eigenvalue weighted by atomic mass is 35.5. The Morgan fingerprint density at radius 3 is 2.66 bits per heavy atom. The number of pyridine rings is 1. The van der Waals surface area contributed by atoms with Gasteiger partial charge in [-0.25, -0.2) is 4.39 Å². The lowest BCUT2D eigenvalue weighted by Gasteiger charge is -2.40. The Balaban J connectivity index is 1.33. The lowest BCUT2D eigenvalue weighted by molar-refractivity contribution is 0.0401. The number of halogens is 3. The monoisotopic (exact) mass is 514 g/mol. The number of piperidine rings is 1. The van der Waals surface area contributed by atoms with Crippen LogP contribution in [0.4, 0.5) is 4.39 Å². The second-order valence-corrected chi connectivity index (χ2v) is 10.0. The first-order valence-corrected chi connectivity index (χ1v) is 12.6. The number of hydrogen-bond donors (Lipinski definition) is 1. The number of fused-ring (bicyclic) bond motifs is 1. The summed E-state index contributed by atoms with van der Waals surface area (Å²) in [5, 5.41) is 12.0. The second-order valence-electron chi connectivity index (χ2n) is 9.19. The lowest BCUT2D eigenvalue weighted by Crippen LogP contribution is -2.42. The first kappa shape index (κ1) is 25.7. The average molecular weight is 515 g/mol. The molecule has 0 amide bonds. The van der Waals surface area contributed by atoms with Crippen LogP contribution in [0.1, 0.15) is 36.8 Å². The van der Waals surface area contributed by atoms with E-state index in [-0.39, 0.29) is 17.0 Å². The summed E-state index contributed by atoms with van der Waals surface area (Å²) in [5.41, 5.74) is 2.51. The fourth-order valence-electron chi connectivity index (χ4n) is 4.72. The number of benzene rings is 2. The van der Waals surface area contributed by atoms with Gasteiger partial charge in [0, 0.05) is 23.8 Å². The highest BCUT2D eigenvalue weighted by molar-refractivity contribution is 6.32. The van der Waals surface area contributed by atoms with E-state index in [1.165, 1.54) is 12.1 Å². The SMILES string of the molecule is COc1ccc2ncc(Cl)c(CCCC3(CO)CCN(CC#Cc4ccc(Cl)c(F)c4)CC3)c2c1. The third-order valence-corrected chi connectivity index (χ3v) is 7.61. The van der Waals surface area contributed by atoms with Gasteiger partial charge in [-0.1, -0.05) is 35.0 Å². The van der Waals surface area contributed by atoms with Crippen LogP contribution in [-0.2, 0) is 6.42 Å². The predicted molar refractivity (Wildman–Crippen MR) is 140 cm³/mol. The smallest absolute Gasteiger partial charge is 0.143 e. The molecule has 1 aliphatic heterocycles. The number of aromatic nitrogens is 1. The highest BCUT2D eigenvalue weighted by Gasteiger charge is 2.33. The van der Waals surface area contributed by atoms with Gasteiger partial charge < -0.3 is 9.84 Å². The molecule has 7 heteroatoms. The van der Waals surface area contributed by atoms with E-state index in [4.69, 9.17) is 27.9 Å².